The molecule has 2 aliphatic heterocycles. The molecule has 4 aromatic rings. The molecule has 0 aromatic heterocycles. The van der Waals surface area contributed by atoms with E-state index in [1.807, 2.05) is 0 Å². The van der Waals surface area contributed by atoms with Gasteiger partial charge in [-0.2, -0.15) is 0 Å². The summed E-state index contributed by atoms with van der Waals surface area (Å²) < 4.78 is 59.0. The van der Waals surface area contributed by atoms with Gasteiger partial charge in [0.25, 0.3) is 0 Å². The number of Topliss-reactive ketones (excluding diaryl/α,β-unsaturated/α-hetero) is 2. The van der Waals surface area contributed by atoms with E-state index >= 15 is 0 Å². The molecule has 22 atom stereocenters. The minimum absolute atomic E-state index is 0. The van der Waals surface area contributed by atoms with Gasteiger partial charge in [-0.1, -0.05) is 125 Å². The molecule has 16 N–H and O–H groups in total. The highest BCUT2D eigenvalue weighted by molar-refractivity contribution is 5.96. The molecule has 8 aliphatic rings. The highest BCUT2D eigenvalue weighted by Crippen LogP contribution is 2.67. The molecular weight excluding hydrogens is 1620 g/mol. The number of rotatable bonds is 16. The molecule has 2 heterocycles. The molecule has 2 saturated heterocycles. The van der Waals surface area contributed by atoms with Crippen LogP contribution in [0.25, 0.3) is 0 Å². The average molecular weight is 1740 g/mol. The first-order valence-electron chi connectivity index (χ1n) is 40.7. The minimum atomic E-state index is -2.35. The van der Waals surface area contributed by atoms with E-state index < -0.39 is 225 Å². The normalized spacial score (nSPS) is 31.8. The number of aliphatic hydroxyl groups excluding tert-OH is 8. The first kappa shape index (κ1) is 102. The van der Waals surface area contributed by atoms with Crippen LogP contribution in [0, 0.1) is 33.5 Å². The Morgan fingerprint density at radius 2 is 0.766 bits per heavy atom. The number of hydrogen-bond donors (Lipinski definition) is 12. The van der Waals surface area contributed by atoms with Crippen molar-refractivity contribution in [2.24, 2.45) is 33.5 Å². The van der Waals surface area contributed by atoms with Crippen molar-refractivity contribution in [3.05, 3.63) is 166 Å². The van der Waals surface area contributed by atoms with Crippen molar-refractivity contribution in [2.45, 2.75) is 269 Å². The van der Waals surface area contributed by atoms with Crippen molar-refractivity contribution >= 4 is 59.6 Å². The number of nitrogens with one attached hydrogen (secondary N) is 2. The molecule has 12 rings (SSSR count). The third kappa shape index (κ3) is 19.1. The number of alkyl carbamates (subject to hydrolysis) is 2. The number of carbonyl (C=O) groups excluding carboxylic acids is 10. The van der Waals surface area contributed by atoms with Crippen molar-refractivity contribution in [2.75, 3.05) is 26.4 Å². The lowest BCUT2D eigenvalue weighted by atomic mass is 9.44. The Labute approximate surface area is 719 Å². The second kappa shape index (κ2) is 38.8. The molecule has 0 radical (unpaired) electrons. The Hall–Kier alpha value is -9.50. The summed E-state index contributed by atoms with van der Waals surface area (Å²) in [5.41, 5.74) is -16.3. The standard InChI is InChI=1S/2C43H53NO14.2C2H6O.2H2O/c2*1-22-26(55-37(51)32(48)30(24-15-11-9-12-16-24)44-38(52)58-39(3,4)5)20-43(53)35(56-36(50)25-17-13-10-14-18-25)33-41(8,34(49)31(47)29(22)40(43,6)7)27(46)19-28-42(33,21-54-28)57-23(2)45;2*1-2-3;;/h2*9-18,26-28,30-33,35,46-48,53H,19-21H2,1-8H3,(H,44,52);2*3H,2H2,1H3;2*1H2/t2*26-,27-,28+,30-,31+,32+,33-,35-,41+,42-,43+;;;;/m00..../s1. The fraction of sp³-hybridized carbons (Fsp3) is 0.578. The first-order chi connectivity index (χ1) is 56.8. The maximum Gasteiger partial charge on any atom is 0.408 e. The minimum Gasteiger partial charge on any atom is -0.456 e. The largest absolute Gasteiger partial charge is 0.456 e. The van der Waals surface area contributed by atoms with Crippen molar-refractivity contribution in [3.8, 4) is 0 Å². The number of aliphatic hydroxyl groups is 10. The maximum absolute atomic E-state index is 14.9. The van der Waals surface area contributed by atoms with Gasteiger partial charge in [0.15, 0.2) is 35.0 Å². The predicted molar refractivity (Wildman–Crippen MR) is 440 cm³/mol. The molecule has 6 aliphatic carbocycles. The Kier molecular flexibility index (Phi) is 31.8. The zero-order chi connectivity index (χ0) is 90.9. The van der Waals surface area contributed by atoms with Crippen LogP contribution in [0.15, 0.2) is 144 Å². The molecule has 6 fully saturated rings. The number of ketones is 2. The Morgan fingerprint density at radius 1 is 0.484 bits per heavy atom. The first-order valence-corrected chi connectivity index (χ1v) is 40.7. The van der Waals surface area contributed by atoms with E-state index in [9.17, 15) is 88.8 Å². The molecule has 0 spiro atoms. The SMILES string of the molecule is CC(=O)O[C@@]12CO[C@@H]1C[C@H](O)[C@@]1(C)C(=O)[C@H](O)C3=C(C)[C@@H](OC(=O)[C@H](O)[C@@H](NC(=O)OC(C)(C)C)c4ccccc4)C[C@@](O)([C@@H](OC(=O)c4ccccc4)[C@H]21)C3(C)C.CC(=O)O[C@@]12CO[C@@H]1C[C@H](O)[C@@]1(C)C(=O)[C@H](O)C3=C(C)[C@@H](OC(=O)[C@H](O)[C@@H](NC(=O)OC(C)(C)C)c4ccccc4)C[C@@](O)([C@@H](OC(=O)c4ccccc4)[C@H]21)C3(C)C.CCO.CCO.O.O. The molecule has 0 unspecified atom stereocenters. The average Bonchev–Trinajstić information content (AvgIpc) is 0.673. The van der Waals surface area contributed by atoms with Crippen LogP contribution < -0.4 is 10.6 Å². The van der Waals surface area contributed by atoms with Crippen LogP contribution in [0.5, 0.6) is 0 Å². The molecular formula is C90H122N2O32. The van der Waals surface area contributed by atoms with Crippen LogP contribution in [0.3, 0.4) is 0 Å². The number of esters is 6. The van der Waals surface area contributed by atoms with Gasteiger partial charge in [0.2, 0.25) is 0 Å². The summed E-state index contributed by atoms with van der Waals surface area (Å²) in [5, 5.41) is 118. The van der Waals surface area contributed by atoms with Crippen molar-refractivity contribution in [1.29, 1.82) is 0 Å². The van der Waals surface area contributed by atoms with Gasteiger partial charge in [-0.15, -0.1) is 0 Å². The third-order valence-corrected chi connectivity index (χ3v) is 25.1. The molecule has 34 nitrogen and oxygen atoms in total. The van der Waals surface area contributed by atoms with Crippen LogP contribution in [0.2, 0.25) is 0 Å². The second-order valence-corrected chi connectivity index (χ2v) is 35.8. The Morgan fingerprint density at radius 3 is 1.02 bits per heavy atom. The molecule has 124 heavy (non-hydrogen) atoms. The molecule has 684 valence electrons. The van der Waals surface area contributed by atoms with E-state index in [4.69, 9.17) is 57.6 Å². The van der Waals surface area contributed by atoms with Crippen molar-refractivity contribution < 1.29 is 157 Å². The summed E-state index contributed by atoms with van der Waals surface area (Å²) in [6, 6.07) is 29.3. The van der Waals surface area contributed by atoms with Gasteiger partial charge in [0.05, 0.1) is 71.3 Å². The molecule has 4 aromatic carbocycles. The fourth-order valence-electron chi connectivity index (χ4n) is 19.1. The summed E-state index contributed by atoms with van der Waals surface area (Å²) in [6.07, 6.45) is -23.0. The van der Waals surface area contributed by atoms with Crippen molar-refractivity contribution in [3.63, 3.8) is 0 Å². The molecule has 34 heteroatoms. The summed E-state index contributed by atoms with van der Waals surface area (Å²) in [7, 11) is 0. The van der Waals surface area contributed by atoms with Crippen LogP contribution in [-0.4, -0.2) is 255 Å². The maximum atomic E-state index is 14.9. The summed E-state index contributed by atoms with van der Waals surface area (Å²) in [6.45, 7) is 27.4. The van der Waals surface area contributed by atoms with Crippen LogP contribution >= 0.6 is 0 Å². The Bertz CT molecular complexity index is 4280. The monoisotopic (exact) mass is 1740 g/mol. The van der Waals surface area contributed by atoms with Gasteiger partial charge in [-0.05, 0) is 141 Å². The highest BCUT2D eigenvalue weighted by Gasteiger charge is 2.80. The molecule has 4 bridgehead atoms. The smallest absolute Gasteiger partial charge is 0.408 e. The van der Waals surface area contributed by atoms with E-state index in [1.165, 1.54) is 52.0 Å². The number of carbonyl (C=O) groups is 10. The van der Waals surface area contributed by atoms with Gasteiger partial charge in [0.1, 0.15) is 71.2 Å². The number of benzene rings is 4. The lowest BCUT2D eigenvalue weighted by Gasteiger charge is -2.67. The molecule has 2 amide bonds. The third-order valence-electron chi connectivity index (χ3n) is 25.1. The van der Waals surface area contributed by atoms with Crippen LogP contribution in [-0.2, 0) is 76.1 Å². The lowest BCUT2D eigenvalue weighted by Crippen LogP contribution is -2.81. The van der Waals surface area contributed by atoms with E-state index in [1.54, 1.807) is 180 Å². The number of hydrogen-bond acceptors (Lipinski definition) is 30. The van der Waals surface area contributed by atoms with E-state index in [-0.39, 0.29) is 83.6 Å². The number of amides is 2. The topological polar surface area (TPSA) is 552 Å². The summed E-state index contributed by atoms with van der Waals surface area (Å²) in [4.78, 5) is 138. The number of fused-ring (bicyclic) bond motifs is 10. The van der Waals surface area contributed by atoms with E-state index in [2.05, 4.69) is 10.6 Å². The summed E-state index contributed by atoms with van der Waals surface area (Å²) >= 11 is 0. The lowest BCUT2D eigenvalue weighted by molar-refractivity contribution is -0.346. The van der Waals surface area contributed by atoms with Gasteiger partial charge < -0.3 is 120 Å². The second-order valence-electron chi connectivity index (χ2n) is 35.8. The van der Waals surface area contributed by atoms with Gasteiger partial charge in [-0.25, -0.2) is 28.8 Å². The van der Waals surface area contributed by atoms with Gasteiger partial charge in [-0.3, -0.25) is 19.2 Å². The quantitative estimate of drug-likeness (QED) is 0.0404. The Balaban J connectivity index is 0.000000316. The highest BCUT2D eigenvalue weighted by atomic mass is 16.7. The fourth-order valence-corrected chi connectivity index (χ4v) is 19.1. The number of ether oxygens (including phenoxy) is 10. The van der Waals surface area contributed by atoms with Crippen molar-refractivity contribution in [1.82, 2.24) is 10.6 Å². The van der Waals surface area contributed by atoms with Crippen LogP contribution in [0.4, 0.5) is 9.59 Å². The van der Waals surface area contributed by atoms with Gasteiger partial charge >= 0.3 is 48.0 Å². The van der Waals surface area contributed by atoms with Crippen LogP contribution in [0.1, 0.15) is 194 Å². The van der Waals surface area contributed by atoms with E-state index in [0.29, 0.717) is 11.1 Å². The molecule has 4 saturated carbocycles. The zero-order valence-corrected chi connectivity index (χ0v) is 73.1. The zero-order valence-electron chi connectivity index (χ0n) is 73.1. The predicted octanol–water partition coefficient (Wildman–Crippen LogP) is 4.87. The van der Waals surface area contributed by atoms with Gasteiger partial charge in [0, 0.05) is 63.6 Å². The van der Waals surface area contributed by atoms with E-state index in [0.717, 1.165) is 13.8 Å². The summed E-state index contributed by atoms with van der Waals surface area (Å²) in [5.74, 6) is -10.7.